The molecule has 0 spiro atoms. The first-order valence-electron chi connectivity index (χ1n) is 21.2. The fourth-order valence-corrected chi connectivity index (χ4v) is 8.97. The number of hydrogen-bond donors (Lipinski definition) is 0. The molecule has 10 rings (SSSR count). The predicted molar refractivity (Wildman–Crippen MR) is 248 cm³/mol. The summed E-state index contributed by atoms with van der Waals surface area (Å²) in [5.41, 5.74) is 17.9. The predicted octanol–water partition coefficient (Wildman–Crippen LogP) is 16.3. The molecule has 4 nitrogen and oxygen atoms in total. The first-order valence-corrected chi connectivity index (χ1v) is 21.2. The van der Waals surface area contributed by atoms with Crippen molar-refractivity contribution in [1.82, 2.24) is 9.55 Å². The monoisotopic (exact) mass is 770 g/mol. The van der Waals surface area contributed by atoms with E-state index in [1.54, 1.807) is 0 Å². The zero-order chi connectivity index (χ0) is 40.7. The maximum absolute atomic E-state index is 6.87. The van der Waals surface area contributed by atoms with E-state index in [0.717, 1.165) is 66.3 Å². The Morgan fingerprint density at radius 2 is 1.00 bits per heavy atom. The number of fused-ring (bicyclic) bond motifs is 7. The molecule has 0 radical (unpaired) electrons. The molecule has 0 fully saturated rings. The summed E-state index contributed by atoms with van der Waals surface area (Å²) in [5.74, 6) is 2.31. The summed E-state index contributed by atoms with van der Waals surface area (Å²) in [6.45, 7) is 18.4. The number of aromatic nitrogens is 2. The average molecular weight is 771 g/mol. The minimum Gasteiger partial charge on any atom is -0.456 e. The molecule has 3 heterocycles. The van der Waals surface area contributed by atoms with Crippen molar-refractivity contribution >= 4 is 54.9 Å². The van der Waals surface area contributed by atoms with Gasteiger partial charge in [0.15, 0.2) is 0 Å². The highest BCUT2D eigenvalue weighted by Gasteiger charge is 2.26. The van der Waals surface area contributed by atoms with Crippen LogP contribution in [0.15, 0.2) is 142 Å². The molecular formula is C55H50N2O2. The first-order chi connectivity index (χ1) is 28.5. The maximum atomic E-state index is 6.87. The fraction of sp³-hybridized carbons (Fsp3) is 0.218. The number of rotatable bonds is 8. The molecule has 7 aromatic carbocycles. The zero-order valence-electron chi connectivity index (χ0n) is 35.2. The molecule has 3 aromatic heterocycles. The van der Waals surface area contributed by atoms with Gasteiger partial charge in [-0.2, -0.15) is 0 Å². The highest BCUT2D eigenvalue weighted by molar-refractivity contribution is 6.16. The molecule has 0 aliphatic heterocycles. The summed E-state index contributed by atoms with van der Waals surface area (Å²) in [4.78, 5) is 5.40. The highest BCUT2D eigenvalue weighted by atomic mass is 16.3. The van der Waals surface area contributed by atoms with Gasteiger partial charge in [0.05, 0.1) is 22.3 Å². The Kier molecular flexibility index (Phi) is 8.86. The van der Waals surface area contributed by atoms with Crippen molar-refractivity contribution in [2.45, 2.75) is 79.1 Å². The Morgan fingerprint density at radius 1 is 0.441 bits per heavy atom. The minimum atomic E-state index is 0.246. The summed E-state index contributed by atoms with van der Waals surface area (Å²) in [6, 6.07) is 48.5. The van der Waals surface area contributed by atoms with Crippen molar-refractivity contribution in [3.05, 3.63) is 156 Å². The molecule has 10 aromatic rings. The molecule has 0 amide bonds. The second kappa shape index (κ2) is 14.2. The summed E-state index contributed by atoms with van der Waals surface area (Å²) in [7, 11) is 0. The smallest absolute Gasteiger partial charge is 0.149 e. The molecule has 0 unspecified atom stereocenters. The van der Waals surface area contributed by atoms with Gasteiger partial charge < -0.3 is 8.83 Å². The van der Waals surface area contributed by atoms with Gasteiger partial charge in [0.1, 0.15) is 28.2 Å². The van der Waals surface area contributed by atoms with E-state index in [9.17, 15) is 0 Å². The largest absolute Gasteiger partial charge is 0.456 e. The summed E-state index contributed by atoms with van der Waals surface area (Å²) >= 11 is 0. The van der Waals surface area contributed by atoms with Crippen LogP contribution in [0.4, 0.5) is 0 Å². The van der Waals surface area contributed by atoms with Crippen molar-refractivity contribution in [3.63, 3.8) is 0 Å². The molecule has 292 valence electrons. The quantitative estimate of drug-likeness (QED) is 0.155. The molecule has 0 saturated carbocycles. The van der Waals surface area contributed by atoms with Crippen molar-refractivity contribution in [2.24, 2.45) is 0 Å². The van der Waals surface area contributed by atoms with Gasteiger partial charge in [0, 0.05) is 21.5 Å². The van der Waals surface area contributed by atoms with E-state index in [-0.39, 0.29) is 11.8 Å². The van der Waals surface area contributed by atoms with Crippen LogP contribution in [0.5, 0.6) is 0 Å². The van der Waals surface area contributed by atoms with E-state index in [2.05, 4.69) is 181 Å². The lowest BCUT2D eigenvalue weighted by Crippen LogP contribution is -2.09. The molecule has 4 heteroatoms. The van der Waals surface area contributed by atoms with Crippen LogP contribution in [-0.4, -0.2) is 9.55 Å². The normalized spacial score (nSPS) is 12.3. The number of furan rings is 2. The van der Waals surface area contributed by atoms with Crippen LogP contribution in [0, 0.1) is 0 Å². The molecule has 0 aliphatic rings. The number of imidazole rings is 1. The van der Waals surface area contributed by atoms with Crippen molar-refractivity contribution < 1.29 is 8.83 Å². The van der Waals surface area contributed by atoms with Crippen molar-refractivity contribution in [2.75, 3.05) is 0 Å². The van der Waals surface area contributed by atoms with Gasteiger partial charge in [-0.25, -0.2) is 4.98 Å². The van der Waals surface area contributed by atoms with Crippen LogP contribution in [0.25, 0.3) is 94.2 Å². The van der Waals surface area contributed by atoms with Crippen LogP contribution in [0.1, 0.15) is 101 Å². The van der Waals surface area contributed by atoms with Gasteiger partial charge in [-0.1, -0.05) is 140 Å². The molecule has 59 heavy (non-hydrogen) atoms. The second-order valence-corrected chi connectivity index (χ2v) is 17.6. The van der Waals surface area contributed by atoms with Gasteiger partial charge in [0.2, 0.25) is 0 Å². The van der Waals surface area contributed by atoms with E-state index in [1.807, 2.05) is 12.1 Å². The summed E-state index contributed by atoms with van der Waals surface area (Å²) < 4.78 is 15.6. The van der Waals surface area contributed by atoms with Crippen LogP contribution in [0.2, 0.25) is 0 Å². The van der Waals surface area contributed by atoms with Gasteiger partial charge >= 0.3 is 0 Å². The lowest BCUT2D eigenvalue weighted by molar-refractivity contribution is 0.664. The number of nitrogens with zero attached hydrogens (tertiary/aromatic N) is 2. The SMILES string of the molecule is CC(C)c1cc(-c2ccc(-c3cc(C(C)C)c(-n4c(-c5cccc6c5oc5cc7c(cc56)oc5ccccc57)nc5ccccc54)c(C(C)C)c3)cc2)cc(C(C)C)c1. The topological polar surface area (TPSA) is 44.1 Å². The lowest BCUT2D eigenvalue weighted by Gasteiger charge is -2.24. The van der Waals surface area contributed by atoms with Crippen LogP contribution in [-0.2, 0) is 0 Å². The average Bonchev–Trinajstić information content (AvgIpc) is 3.93. The van der Waals surface area contributed by atoms with Gasteiger partial charge in [-0.3, -0.25) is 4.57 Å². The Balaban J connectivity index is 1.15. The number of para-hydroxylation sites is 4. The van der Waals surface area contributed by atoms with E-state index in [0.29, 0.717) is 11.8 Å². The Labute approximate surface area is 346 Å². The fourth-order valence-electron chi connectivity index (χ4n) is 8.97. The maximum Gasteiger partial charge on any atom is 0.149 e. The van der Waals surface area contributed by atoms with Crippen LogP contribution >= 0.6 is 0 Å². The molecule has 0 atom stereocenters. The molecule has 0 aliphatic carbocycles. The van der Waals surface area contributed by atoms with Crippen molar-refractivity contribution in [1.29, 1.82) is 0 Å². The summed E-state index contributed by atoms with van der Waals surface area (Å²) in [6.07, 6.45) is 0. The van der Waals surface area contributed by atoms with Crippen LogP contribution < -0.4 is 0 Å². The molecule has 0 bridgehead atoms. The number of hydrogen-bond acceptors (Lipinski definition) is 3. The Bertz CT molecular complexity index is 3170. The van der Waals surface area contributed by atoms with E-state index in [4.69, 9.17) is 13.8 Å². The number of benzene rings is 7. The molecule has 0 N–H and O–H groups in total. The first kappa shape index (κ1) is 36.9. The third-order valence-electron chi connectivity index (χ3n) is 12.3. The van der Waals surface area contributed by atoms with E-state index < -0.39 is 0 Å². The van der Waals surface area contributed by atoms with Gasteiger partial charge in [0.25, 0.3) is 0 Å². The third-order valence-corrected chi connectivity index (χ3v) is 12.3. The second-order valence-electron chi connectivity index (χ2n) is 17.6. The highest BCUT2D eigenvalue weighted by Crippen LogP contribution is 2.44. The third kappa shape index (κ3) is 6.16. The Hall–Kier alpha value is -6.39. The summed E-state index contributed by atoms with van der Waals surface area (Å²) in [5, 5.41) is 4.22. The van der Waals surface area contributed by atoms with Gasteiger partial charge in [-0.05, 0) is 117 Å². The minimum absolute atomic E-state index is 0.246. The molecular weight excluding hydrogens is 721 g/mol. The van der Waals surface area contributed by atoms with Gasteiger partial charge in [-0.15, -0.1) is 0 Å². The lowest BCUT2D eigenvalue weighted by atomic mass is 9.87. The van der Waals surface area contributed by atoms with Crippen LogP contribution in [0.3, 0.4) is 0 Å². The zero-order valence-corrected chi connectivity index (χ0v) is 35.2. The van der Waals surface area contributed by atoms with E-state index in [1.165, 1.54) is 50.2 Å². The Morgan fingerprint density at radius 3 is 1.64 bits per heavy atom. The standard InChI is InChI=1S/C55H50N2O2/c1-31(2)37-24-38(32(3)4)26-39(25-37)35-20-22-36(23-21-35)40-27-44(33(5)6)53(45(28-40)34(7)8)57-49-18-11-10-17-48(49)56-55(57)43-16-13-15-42-47-30-51-46(29-52(47)59-54(42)43)41-14-9-12-19-50(41)58-51/h9-34H,1-8H3. The van der Waals surface area contributed by atoms with Crippen molar-refractivity contribution in [3.8, 4) is 39.3 Å². The van der Waals surface area contributed by atoms with E-state index >= 15 is 0 Å². The molecule has 0 saturated heterocycles.